The van der Waals surface area contributed by atoms with Crippen molar-refractivity contribution in [3.05, 3.63) is 42.9 Å². The summed E-state index contributed by atoms with van der Waals surface area (Å²) in [6, 6.07) is 11.0. The van der Waals surface area contributed by atoms with Crippen molar-refractivity contribution in [3.63, 3.8) is 0 Å². The van der Waals surface area contributed by atoms with E-state index < -0.39 is 8.07 Å². The number of piperidine rings is 1. The first-order chi connectivity index (χ1) is 17.7. The highest BCUT2D eigenvalue weighted by molar-refractivity contribution is 6.76. The average molecular weight is 537 g/mol. The molecule has 0 spiro atoms. The third-order valence-corrected chi connectivity index (χ3v) is 8.87. The summed E-state index contributed by atoms with van der Waals surface area (Å²) in [5, 5.41) is 23.5. The Morgan fingerprint density at radius 2 is 1.76 bits per heavy atom. The van der Waals surface area contributed by atoms with Gasteiger partial charge in [-0.25, -0.2) is 4.98 Å². The molecule has 9 heteroatoms. The van der Waals surface area contributed by atoms with E-state index in [0.717, 1.165) is 42.6 Å². The summed E-state index contributed by atoms with van der Waals surface area (Å²) in [5.41, 5.74) is 3.02. The van der Waals surface area contributed by atoms with E-state index in [4.69, 9.17) is 4.74 Å². The van der Waals surface area contributed by atoms with Gasteiger partial charge in [-0.1, -0.05) is 25.7 Å². The van der Waals surface area contributed by atoms with Crippen molar-refractivity contribution in [1.29, 1.82) is 0 Å². The van der Waals surface area contributed by atoms with Crippen LogP contribution in [-0.2, 0) is 11.5 Å². The predicted molar refractivity (Wildman–Crippen MR) is 157 cm³/mol. The fourth-order valence-corrected chi connectivity index (χ4v) is 6.18. The van der Waals surface area contributed by atoms with Gasteiger partial charge in [0, 0.05) is 56.2 Å². The quantitative estimate of drug-likeness (QED) is 0.265. The van der Waals surface area contributed by atoms with E-state index in [1.807, 2.05) is 35.0 Å². The third kappa shape index (κ3) is 7.21. The van der Waals surface area contributed by atoms with Gasteiger partial charge in [0.25, 0.3) is 0 Å². The molecule has 3 aromatic rings. The fourth-order valence-electron chi connectivity index (χ4n) is 5.42. The molecule has 8 nitrogen and oxygen atoms in total. The summed E-state index contributed by atoms with van der Waals surface area (Å²) < 4.78 is 7.74. The van der Waals surface area contributed by atoms with Crippen LogP contribution in [0.15, 0.2) is 42.9 Å². The van der Waals surface area contributed by atoms with E-state index in [2.05, 4.69) is 79.8 Å². The summed E-state index contributed by atoms with van der Waals surface area (Å²) in [7, 11) is 0.990. The Kier molecular flexibility index (Phi) is 8.02. The highest BCUT2D eigenvalue weighted by Crippen LogP contribution is 2.34. The maximum absolute atomic E-state index is 10.8. The lowest BCUT2D eigenvalue weighted by atomic mass is 9.79. The molecule has 1 aliphatic rings. The summed E-state index contributed by atoms with van der Waals surface area (Å²) in [6.07, 6.45) is 5.76. The minimum Gasteiger partial charge on any atom is -0.507 e. The van der Waals surface area contributed by atoms with Gasteiger partial charge in [-0.2, -0.15) is 0 Å². The number of aromatic nitrogens is 4. The second kappa shape index (κ2) is 10.8. The van der Waals surface area contributed by atoms with E-state index >= 15 is 0 Å². The van der Waals surface area contributed by atoms with Crippen molar-refractivity contribution in [2.24, 2.45) is 0 Å². The van der Waals surface area contributed by atoms with Gasteiger partial charge in [0.1, 0.15) is 12.5 Å². The molecule has 4 rings (SSSR count). The van der Waals surface area contributed by atoms with Gasteiger partial charge < -0.3 is 24.6 Å². The molecule has 2 aromatic heterocycles. The molecule has 0 saturated carbocycles. The number of hydrogen-bond donors (Lipinski definition) is 2. The number of imidazole rings is 1. The monoisotopic (exact) mass is 536 g/mol. The van der Waals surface area contributed by atoms with E-state index in [1.54, 1.807) is 12.4 Å². The Bertz CT molecular complexity index is 1220. The van der Waals surface area contributed by atoms with Gasteiger partial charge in [0.2, 0.25) is 0 Å². The number of ether oxygens (including phenoxy) is 1. The molecule has 0 amide bonds. The van der Waals surface area contributed by atoms with Gasteiger partial charge in [-0.05, 0) is 70.8 Å². The number of rotatable bonds is 9. The number of anilines is 1. The predicted octanol–water partition coefficient (Wildman–Crippen LogP) is 5.77. The van der Waals surface area contributed by atoms with Crippen molar-refractivity contribution in [3.8, 4) is 28.3 Å². The van der Waals surface area contributed by atoms with Crippen LogP contribution >= 0.6 is 0 Å². The van der Waals surface area contributed by atoms with Crippen LogP contribution in [0.2, 0.25) is 25.7 Å². The van der Waals surface area contributed by atoms with E-state index in [1.165, 1.54) is 0 Å². The number of phenolic OH excluding ortho intramolecular Hbond substituents is 1. The normalized spacial score (nSPS) is 17.5. The van der Waals surface area contributed by atoms with Gasteiger partial charge in [-0.15, -0.1) is 10.2 Å². The summed E-state index contributed by atoms with van der Waals surface area (Å²) in [5.74, 6) is 0.988. The lowest BCUT2D eigenvalue weighted by Gasteiger charge is -2.49. The van der Waals surface area contributed by atoms with Crippen LogP contribution in [0.3, 0.4) is 0 Å². The fraction of sp³-hybridized carbons (Fsp3) is 0.552. The Hall–Kier alpha value is -2.75. The van der Waals surface area contributed by atoms with Crippen molar-refractivity contribution in [2.45, 2.75) is 90.1 Å². The highest BCUT2D eigenvalue weighted by atomic mass is 28.3. The lowest BCUT2D eigenvalue weighted by Crippen LogP contribution is -2.62. The first-order valence-corrected chi connectivity index (χ1v) is 17.2. The smallest absolute Gasteiger partial charge is 0.151 e. The molecule has 0 unspecified atom stereocenters. The molecule has 1 fully saturated rings. The molecule has 1 saturated heterocycles. The number of nitrogens with zero attached hydrogens (tertiary/aromatic N) is 5. The molecular formula is C29H44N6O2Si. The summed E-state index contributed by atoms with van der Waals surface area (Å²) in [6.45, 7) is 17.3. The molecule has 2 N–H and O–H groups in total. The number of nitrogens with one attached hydrogen (secondary N) is 1. The lowest BCUT2D eigenvalue weighted by molar-refractivity contribution is 0.0871. The van der Waals surface area contributed by atoms with Gasteiger partial charge in [0.15, 0.2) is 5.82 Å². The number of phenols is 1. The van der Waals surface area contributed by atoms with E-state index in [-0.39, 0.29) is 16.8 Å². The molecule has 38 heavy (non-hydrogen) atoms. The SMILES string of the molecule is CN(c1ccc(-c2ccc(-c3cn(COCC[Si](C)(C)C)cn3)cc2O)nn1)C1CC(C)(C)NC(C)(C)C1. The molecular weight excluding hydrogens is 492 g/mol. The second-order valence-corrected chi connectivity index (χ2v) is 18.8. The minimum absolute atomic E-state index is 0.0537. The molecule has 0 radical (unpaired) electrons. The number of hydrogen-bond acceptors (Lipinski definition) is 7. The third-order valence-electron chi connectivity index (χ3n) is 7.17. The molecule has 206 valence electrons. The summed E-state index contributed by atoms with van der Waals surface area (Å²) >= 11 is 0. The molecule has 0 atom stereocenters. The first-order valence-electron chi connectivity index (χ1n) is 13.5. The van der Waals surface area contributed by atoms with Crippen LogP contribution in [0, 0.1) is 0 Å². The van der Waals surface area contributed by atoms with E-state index in [0.29, 0.717) is 24.0 Å². The number of aromatic hydroxyl groups is 1. The molecule has 3 heterocycles. The highest BCUT2D eigenvalue weighted by Gasteiger charge is 2.39. The maximum Gasteiger partial charge on any atom is 0.151 e. The zero-order valence-corrected chi connectivity index (χ0v) is 25.2. The van der Waals surface area contributed by atoms with Crippen LogP contribution in [0.1, 0.15) is 40.5 Å². The standard InChI is InChI=1S/C29H44N6O2Si/c1-28(2)16-22(17-29(3,4)33-28)34(5)27-12-11-24(31-32-27)23-10-9-21(15-26(23)36)25-18-35(19-30-25)20-37-13-14-38(6,7)8/h9-12,15,18-19,22,33,36H,13-14,16-17,20H2,1-8H3. The Labute approximate surface area is 228 Å². The zero-order valence-electron chi connectivity index (χ0n) is 24.2. The second-order valence-electron chi connectivity index (χ2n) is 13.2. The van der Waals surface area contributed by atoms with Gasteiger partial charge in [0.05, 0.1) is 17.7 Å². The Morgan fingerprint density at radius 3 is 2.37 bits per heavy atom. The van der Waals surface area contributed by atoms with Crippen molar-refractivity contribution in [1.82, 2.24) is 25.1 Å². The van der Waals surface area contributed by atoms with Crippen LogP contribution in [0.5, 0.6) is 5.75 Å². The van der Waals surface area contributed by atoms with Crippen molar-refractivity contribution in [2.75, 3.05) is 18.6 Å². The van der Waals surface area contributed by atoms with Gasteiger partial charge >= 0.3 is 0 Å². The Morgan fingerprint density at radius 1 is 1.05 bits per heavy atom. The molecule has 1 aliphatic heterocycles. The molecule has 1 aromatic carbocycles. The van der Waals surface area contributed by atoms with Crippen LogP contribution in [-0.4, -0.2) is 63.7 Å². The van der Waals surface area contributed by atoms with Crippen LogP contribution in [0.25, 0.3) is 22.5 Å². The molecule has 0 bridgehead atoms. The van der Waals surface area contributed by atoms with Crippen LogP contribution in [0.4, 0.5) is 5.82 Å². The molecule has 0 aliphatic carbocycles. The van der Waals surface area contributed by atoms with Crippen molar-refractivity contribution >= 4 is 13.9 Å². The maximum atomic E-state index is 10.8. The van der Waals surface area contributed by atoms with Crippen LogP contribution < -0.4 is 10.2 Å². The largest absolute Gasteiger partial charge is 0.507 e. The first kappa shape index (κ1) is 28.3. The average Bonchev–Trinajstić information content (AvgIpc) is 3.28. The summed E-state index contributed by atoms with van der Waals surface area (Å²) in [4.78, 5) is 6.73. The van der Waals surface area contributed by atoms with E-state index in [9.17, 15) is 5.11 Å². The topological polar surface area (TPSA) is 88.3 Å². The Balaban J connectivity index is 1.42. The van der Waals surface area contributed by atoms with Crippen molar-refractivity contribution < 1.29 is 9.84 Å². The van der Waals surface area contributed by atoms with Gasteiger partial charge in [-0.3, -0.25) is 0 Å². The minimum atomic E-state index is -1.10. The number of benzene rings is 1. The zero-order chi connectivity index (χ0) is 27.7.